The van der Waals surface area contributed by atoms with Crippen LogP contribution in [0.2, 0.25) is 0 Å². The van der Waals surface area contributed by atoms with Crippen molar-refractivity contribution in [3.8, 4) is 5.75 Å². The van der Waals surface area contributed by atoms with Gasteiger partial charge in [0.2, 0.25) is 5.09 Å². The molecule has 110 valence electrons. The SMILES string of the molecule is COCC(O)COc1ccc2cc(S(N)(=O)=O)oc2c1. The molecule has 1 atom stereocenters. The predicted molar refractivity (Wildman–Crippen MR) is 71.0 cm³/mol. The molecular formula is C12H15NO6S. The monoisotopic (exact) mass is 301 g/mol. The first-order valence-electron chi connectivity index (χ1n) is 5.76. The quantitative estimate of drug-likeness (QED) is 0.802. The fourth-order valence-corrected chi connectivity index (χ4v) is 2.15. The fraction of sp³-hybridized carbons (Fsp3) is 0.333. The number of hydrogen-bond donors (Lipinski definition) is 2. The average molecular weight is 301 g/mol. The molecule has 0 radical (unpaired) electrons. The molecule has 2 aromatic rings. The van der Waals surface area contributed by atoms with Crippen molar-refractivity contribution in [2.24, 2.45) is 5.14 Å². The number of sulfonamides is 1. The second-order valence-corrected chi connectivity index (χ2v) is 5.72. The molecule has 20 heavy (non-hydrogen) atoms. The zero-order valence-corrected chi connectivity index (χ0v) is 11.6. The highest BCUT2D eigenvalue weighted by atomic mass is 32.2. The standard InChI is InChI=1S/C12H15NO6S/c1-17-6-9(14)7-18-10-3-2-8-4-12(20(13,15)16)19-11(8)5-10/h2-5,9,14H,6-7H2,1H3,(H2,13,15,16). The van der Waals surface area contributed by atoms with E-state index in [2.05, 4.69) is 0 Å². The van der Waals surface area contributed by atoms with E-state index in [4.69, 9.17) is 19.0 Å². The molecule has 8 heteroatoms. The molecule has 1 aromatic carbocycles. The summed E-state index contributed by atoms with van der Waals surface area (Å²) in [5, 5.41) is 14.8. The van der Waals surface area contributed by atoms with Crippen molar-refractivity contribution in [1.29, 1.82) is 0 Å². The van der Waals surface area contributed by atoms with Crippen molar-refractivity contribution < 1.29 is 27.4 Å². The molecule has 7 nitrogen and oxygen atoms in total. The van der Waals surface area contributed by atoms with Crippen LogP contribution >= 0.6 is 0 Å². The Balaban J connectivity index is 2.17. The number of methoxy groups -OCH3 is 1. The Morgan fingerprint density at radius 2 is 2.10 bits per heavy atom. The smallest absolute Gasteiger partial charge is 0.271 e. The summed E-state index contributed by atoms with van der Waals surface area (Å²) in [4.78, 5) is 0. The van der Waals surface area contributed by atoms with Crippen LogP contribution in [0.5, 0.6) is 5.75 Å². The highest BCUT2D eigenvalue weighted by molar-refractivity contribution is 7.89. The number of ether oxygens (including phenoxy) is 2. The Morgan fingerprint density at radius 3 is 2.75 bits per heavy atom. The van der Waals surface area contributed by atoms with Gasteiger partial charge in [-0.15, -0.1) is 0 Å². The van der Waals surface area contributed by atoms with Crippen LogP contribution in [0, 0.1) is 0 Å². The number of furan rings is 1. The normalized spacial score (nSPS) is 13.6. The summed E-state index contributed by atoms with van der Waals surface area (Å²) in [5.41, 5.74) is 0.341. The second kappa shape index (κ2) is 5.80. The number of nitrogens with two attached hydrogens (primary N) is 1. The predicted octanol–water partition coefficient (Wildman–Crippen LogP) is 0.466. The Bertz CT molecular complexity index is 693. The van der Waals surface area contributed by atoms with Crippen molar-refractivity contribution in [2.45, 2.75) is 11.2 Å². The van der Waals surface area contributed by atoms with E-state index in [0.717, 1.165) is 0 Å². The summed E-state index contributed by atoms with van der Waals surface area (Å²) >= 11 is 0. The van der Waals surface area contributed by atoms with Crippen molar-refractivity contribution in [3.63, 3.8) is 0 Å². The molecule has 0 aliphatic heterocycles. The van der Waals surface area contributed by atoms with Gasteiger partial charge in [-0.05, 0) is 12.1 Å². The van der Waals surface area contributed by atoms with Gasteiger partial charge in [-0.25, -0.2) is 13.6 Å². The maximum absolute atomic E-state index is 11.2. The highest BCUT2D eigenvalue weighted by Crippen LogP contribution is 2.26. The van der Waals surface area contributed by atoms with Gasteiger partial charge in [0.05, 0.1) is 6.61 Å². The average Bonchev–Trinajstić information content (AvgIpc) is 2.79. The van der Waals surface area contributed by atoms with E-state index in [1.807, 2.05) is 0 Å². The number of aliphatic hydroxyl groups is 1. The number of fused-ring (bicyclic) bond motifs is 1. The third-order valence-electron chi connectivity index (χ3n) is 2.55. The van der Waals surface area contributed by atoms with Gasteiger partial charge in [-0.2, -0.15) is 0 Å². The van der Waals surface area contributed by atoms with Gasteiger partial charge in [-0.1, -0.05) is 0 Å². The molecule has 0 aliphatic rings. The van der Waals surface area contributed by atoms with Crippen LogP contribution in [0.3, 0.4) is 0 Å². The lowest BCUT2D eigenvalue weighted by molar-refractivity contribution is 0.0325. The van der Waals surface area contributed by atoms with Gasteiger partial charge in [0.25, 0.3) is 10.0 Å². The highest BCUT2D eigenvalue weighted by Gasteiger charge is 2.15. The summed E-state index contributed by atoms with van der Waals surface area (Å²) < 4.78 is 37.6. The van der Waals surface area contributed by atoms with E-state index in [1.165, 1.54) is 19.2 Å². The maximum Gasteiger partial charge on any atom is 0.271 e. The molecule has 1 aromatic heterocycles. The Labute approximate surface area is 115 Å². The Hall–Kier alpha value is -1.61. The van der Waals surface area contributed by atoms with Gasteiger partial charge in [0.15, 0.2) is 0 Å². The fourth-order valence-electron chi connectivity index (χ4n) is 1.65. The maximum atomic E-state index is 11.2. The van der Waals surface area contributed by atoms with E-state index in [-0.39, 0.29) is 18.3 Å². The van der Waals surface area contributed by atoms with Crippen molar-refractivity contribution in [2.75, 3.05) is 20.3 Å². The van der Waals surface area contributed by atoms with E-state index >= 15 is 0 Å². The van der Waals surface area contributed by atoms with Crippen LogP contribution in [0.15, 0.2) is 33.8 Å². The van der Waals surface area contributed by atoms with E-state index in [0.29, 0.717) is 16.7 Å². The van der Waals surface area contributed by atoms with Crippen molar-refractivity contribution >= 4 is 21.0 Å². The van der Waals surface area contributed by atoms with E-state index in [1.54, 1.807) is 12.1 Å². The molecule has 0 amide bonds. The minimum atomic E-state index is -3.87. The van der Waals surface area contributed by atoms with Crippen LogP contribution in [0.1, 0.15) is 0 Å². The van der Waals surface area contributed by atoms with E-state index < -0.39 is 16.1 Å². The molecule has 0 aliphatic carbocycles. The first kappa shape index (κ1) is 14.8. The number of hydrogen-bond acceptors (Lipinski definition) is 6. The van der Waals surface area contributed by atoms with Crippen LogP contribution in [-0.4, -0.2) is 40.0 Å². The molecule has 0 bridgehead atoms. The first-order chi connectivity index (χ1) is 9.40. The van der Waals surface area contributed by atoms with Crippen LogP contribution < -0.4 is 9.88 Å². The molecule has 3 N–H and O–H groups in total. The lowest BCUT2D eigenvalue weighted by atomic mass is 10.2. The van der Waals surface area contributed by atoms with Crippen LogP contribution in [-0.2, 0) is 14.8 Å². The van der Waals surface area contributed by atoms with Crippen LogP contribution in [0.4, 0.5) is 0 Å². The summed E-state index contributed by atoms with van der Waals surface area (Å²) in [6.45, 7) is 0.223. The Morgan fingerprint density at radius 1 is 1.35 bits per heavy atom. The number of benzene rings is 1. The first-order valence-corrected chi connectivity index (χ1v) is 7.31. The third-order valence-corrected chi connectivity index (χ3v) is 3.31. The van der Waals surface area contributed by atoms with Gasteiger partial charge in [-0.3, -0.25) is 0 Å². The van der Waals surface area contributed by atoms with Crippen molar-refractivity contribution in [3.05, 3.63) is 24.3 Å². The third kappa shape index (κ3) is 3.48. The molecule has 0 spiro atoms. The molecule has 2 rings (SSSR count). The number of rotatable bonds is 6. The lowest BCUT2D eigenvalue weighted by Crippen LogP contribution is -2.22. The summed E-state index contributed by atoms with van der Waals surface area (Å²) in [6, 6.07) is 6.16. The second-order valence-electron chi connectivity index (χ2n) is 4.23. The van der Waals surface area contributed by atoms with Crippen molar-refractivity contribution in [1.82, 2.24) is 0 Å². The van der Waals surface area contributed by atoms with Crippen LogP contribution in [0.25, 0.3) is 11.0 Å². The molecular weight excluding hydrogens is 286 g/mol. The lowest BCUT2D eigenvalue weighted by Gasteiger charge is -2.11. The zero-order chi connectivity index (χ0) is 14.8. The largest absolute Gasteiger partial charge is 0.491 e. The topological polar surface area (TPSA) is 112 Å². The molecule has 0 fully saturated rings. The number of primary sulfonamides is 1. The van der Waals surface area contributed by atoms with Gasteiger partial charge in [0.1, 0.15) is 24.0 Å². The van der Waals surface area contributed by atoms with Gasteiger partial charge in [0, 0.05) is 24.6 Å². The number of aliphatic hydroxyl groups excluding tert-OH is 1. The molecule has 0 saturated carbocycles. The van der Waals surface area contributed by atoms with E-state index in [9.17, 15) is 13.5 Å². The molecule has 1 heterocycles. The minimum absolute atomic E-state index is 0.0576. The van der Waals surface area contributed by atoms with Gasteiger partial charge >= 0.3 is 0 Å². The Kier molecular flexibility index (Phi) is 4.29. The molecule has 1 unspecified atom stereocenters. The van der Waals surface area contributed by atoms with Gasteiger partial charge < -0.3 is 19.0 Å². The summed E-state index contributed by atoms with van der Waals surface area (Å²) in [5.74, 6) is 0.447. The molecule has 0 saturated heterocycles. The minimum Gasteiger partial charge on any atom is -0.491 e. The zero-order valence-electron chi connectivity index (χ0n) is 10.8. The summed E-state index contributed by atoms with van der Waals surface area (Å²) in [7, 11) is -2.40. The summed E-state index contributed by atoms with van der Waals surface area (Å²) in [6.07, 6.45) is -0.743.